The molecule has 0 aliphatic heterocycles. The Morgan fingerprint density at radius 2 is 1.02 bits per heavy atom. The van der Waals surface area contributed by atoms with Gasteiger partial charge in [-0.1, -0.05) is 102 Å². The number of esters is 1. The Balaban J connectivity index is 1.79. The molecule has 0 atom stereocenters. The second-order valence-electron chi connectivity index (χ2n) is 10.1. The van der Waals surface area contributed by atoms with Crippen molar-refractivity contribution >= 4 is 16.1 Å². The van der Waals surface area contributed by atoms with Crippen LogP contribution in [0.2, 0.25) is 0 Å². The van der Waals surface area contributed by atoms with Gasteiger partial charge >= 0.3 is 5.97 Å². The molecule has 0 N–H and O–H groups in total. The van der Waals surface area contributed by atoms with Crippen molar-refractivity contribution in [2.24, 2.45) is 0 Å². The van der Waals surface area contributed by atoms with Crippen molar-refractivity contribution in [1.29, 1.82) is 0 Å². The van der Waals surface area contributed by atoms with E-state index >= 15 is 0 Å². The zero-order valence-corrected chi connectivity index (χ0v) is 25.9. The molecule has 40 heavy (non-hydrogen) atoms. The summed E-state index contributed by atoms with van der Waals surface area (Å²) in [5.74, 6) is -0.157. The minimum absolute atomic E-state index is 0.0581. The summed E-state index contributed by atoms with van der Waals surface area (Å²) < 4.78 is 50.4. The van der Waals surface area contributed by atoms with Crippen molar-refractivity contribution in [3.05, 3.63) is 29.8 Å². The number of carbonyl (C=O) groups is 1. The average Bonchev–Trinajstić information content (AvgIpc) is 2.94. The maximum Gasteiger partial charge on any atom is 0.305 e. The molecule has 0 bridgehead atoms. The summed E-state index contributed by atoms with van der Waals surface area (Å²) in [7, 11) is -3.77. The zero-order valence-electron chi connectivity index (χ0n) is 25.0. The largest absolute Gasteiger partial charge is 0.463 e. The van der Waals surface area contributed by atoms with Crippen LogP contribution in [0.5, 0.6) is 0 Å². The van der Waals surface area contributed by atoms with E-state index in [4.69, 9.17) is 23.1 Å². The van der Waals surface area contributed by atoms with Crippen LogP contribution < -0.4 is 0 Å². The van der Waals surface area contributed by atoms with Gasteiger partial charge in [-0.05, 0) is 25.5 Å². The van der Waals surface area contributed by atoms with Gasteiger partial charge in [-0.15, -0.1) is 0 Å². The number of aryl methyl sites for hydroxylation is 1. The summed E-state index contributed by atoms with van der Waals surface area (Å²) in [6, 6.07) is 6.49. The lowest BCUT2D eigenvalue weighted by atomic mass is 10.0. The Hall–Kier alpha value is -1.52. The van der Waals surface area contributed by atoms with Gasteiger partial charge in [0.05, 0.1) is 51.1 Å². The van der Waals surface area contributed by atoms with Crippen molar-refractivity contribution in [3.63, 3.8) is 0 Å². The van der Waals surface area contributed by atoms with Crippen molar-refractivity contribution < 1.29 is 36.3 Å². The van der Waals surface area contributed by atoms with Crippen molar-refractivity contribution in [3.8, 4) is 0 Å². The molecule has 8 nitrogen and oxygen atoms in total. The highest BCUT2D eigenvalue weighted by Gasteiger charge is 2.14. The molecule has 0 unspecified atom stereocenters. The Labute approximate surface area is 243 Å². The SMILES string of the molecule is CCCCCCCCCCCCCCCC(=O)OCCOCCOCCOCCOS(=O)(=O)c1ccc(C)cc1. The quantitative estimate of drug-likeness (QED) is 0.0603. The number of rotatable bonds is 28. The highest BCUT2D eigenvalue weighted by molar-refractivity contribution is 7.86. The molecule has 0 aliphatic carbocycles. The maximum absolute atomic E-state index is 12.1. The first kappa shape index (κ1) is 36.5. The smallest absolute Gasteiger partial charge is 0.305 e. The van der Waals surface area contributed by atoms with Crippen LogP contribution in [0.25, 0.3) is 0 Å². The predicted molar refractivity (Wildman–Crippen MR) is 158 cm³/mol. The van der Waals surface area contributed by atoms with E-state index in [0.717, 1.165) is 18.4 Å². The lowest BCUT2D eigenvalue weighted by molar-refractivity contribution is -0.145. The Bertz CT molecular complexity index is 826. The van der Waals surface area contributed by atoms with E-state index in [1.54, 1.807) is 12.1 Å². The van der Waals surface area contributed by atoms with E-state index in [9.17, 15) is 13.2 Å². The Morgan fingerprint density at radius 3 is 1.52 bits per heavy atom. The number of hydrogen-bond donors (Lipinski definition) is 0. The zero-order chi connectivity index (χ0) is 29.2. The molecule has 0 heterocycles. The van der Waals surface area contributed by atoms with Crippen LogP contribution in [-0.4, -0.2) is 67.2 Å². The van der Waals surface area contributed by atoms with Gasteiger partial charge in [-0.25, -0.2) is 0 Å². The molecule has 0 radical (unpaired) electrons. The third-order valence-corrected chi connectivity index (χ3v) is 7.82. The predicted octanol–water partition coefficient (Wildman–Crippen LogP) is 6.77. The minimum atomic E-state index is -3.77. The number of benzene rings is 1. The van der Waals surface area contributed by atoms with Crippen LogP contribution >= 0.6 is 0 Å². The van der Waals surface area contributed by atoms with E-state index in [2.05, 4.69) is 6.92 Å². The van der Waals surface area contributed by atoms with Crippen LogP contribution in [0, 0.1) is 6.92 Å². The van der Waals surface area contributed by atoms with Gasteiger partial charge in [0.1, 0.15) is 6.61 Å². The highest BCUT2D eigenvalue weighted by atomic mass is 32.2. The summed E-state index contributed by atoms with van der Waals surface area (Å²) in [4.78, 5) is 11.9. The standard InChI is InChI=1S/C31H54O8S/c1-3-4-5-6-7-8-9-10-11-12-13-14-15-16-31(32)38-27-25-36-23-21-35-22-24-37-26-28-39-40(33,34)30-19-17-29(2)18-20-30/h17-20H,3-16,21-28H2,1-2H3. The molecular weight excluding hydrogens is 532 g/mol. The third-order valence-electron chi connectivity index (χ3n) is 6.50. The summed E-state index contributed by atoms with van der Waals surface area (Å²) in [5.41, 5.74) is 0.978. The molecule has 232 valence electrons. The molecule has 0 aliphatic rings. The van der Waals surface area contributed by atoms with Crippen LogP contribution in [0.15, 0.2) is 29.2 Å². The number of hydrogen-bond acceptors (Lipinski definition) is 8. The van der Waals surface area contributed by atoms with Crippen LogP contribution in [0.4, 0.5) is 0 Å². The van der Waals surface area contributed by atoms with Gasteiger partial charge in [0.15, 0.2) is 0 Å². The number of unbranched alkanes of at least 4 members (excludes halogenated alkanes) is 12. The van der Waals surface area contributed by atoms with Crippen molar-refractivity contribution in [1.82, 2.24) is 0 Å². The molecule has 9 heteroatoms. The fourth-order valence-electron chi connectivity index (χ4n) is 4.09. The van der Waals surface area contributed by atoms with E-state index in [0.29, 0.717) is 39.5 Å². The van der Waals surface area contributed by atoms with E-state index in [1.807, 2.05) is 6.92 Å². The molecule has 0 saturated carbocycles. The topological polar surface area (TPSA) is 97.4 Å². The van der Waals surface area contributed by atoms with E-state index in [-0.39, 0.29) is 30.7 Å². The van der Waals surface area contributed by atoms with Crippen LogP contribution in [0.3, 0.4) is 0 Å². The van der Waals surface area contributed by atoms with Gasteiger partial charge in [0.25, 0.3) is 10.1 Å². The lowest BCUT2D eigenvalue weighted by Crippen LogP contribution is -2.15. The Kier molecular flexibility index (Phi) is 23.0. The molecule has 0 spiro atoms. The first-order valence-corrected chi connectivity index (χ1v) is 16.7. The molecular formula is C31H54O8S. The fraction of sp³-hybridized carbons (Fsp3) is 0.774. The highest BCUT2D eigenvalue weighted by Crippen LogP contribution is 2.14. The summed E-state index contributed by atoms with van der Waals surface area (Å²) in [5, 5.41) is 0. The molecule has 1 aromatic carbocycles. The summed E-state index contributed by atoms with van der Waals surface area (Å²) in [6.07, 6.45) is 17.2. The van der Waals surface area contributed by atoms with Gasteiger partial charge in [-0.3, -0.25) is 8.98 Å². The van der Waals surface area contributed by atoms with Gasteiger partial charge in [-0.2, -0.15) is 8.42 Å². The van der Waals surface area contributed by atoms with E-state index < -0.39 is 10.1 Å². The normalized spacial score (nSPS) is 11.7. The van der Waals surface area contributed by atoms with Crippen molar-refractivity contribution in [2.45, 2.75) is 109 Å². The molecule has 0 aromatic heterocycles. The Morgan fingerprint density at radius 1 is 0.600 bits per heavy atom. The second kappa shape index (κ2) is 25.2. The molecule has 0 saturated heterocycles. The minimum Gasteiger partial charge on any atom is -0.463 e. The first-order valence-electron chi connectivity index (χ1n) is 15.3. The van der Waals surface area contributed by atoms with Crippen LogP contribution in [0.1, 0.15) is 102 Å². The molecule has 0 fully saturated rings. The number of carbonyl (C=O) groups excluding carboxylic acids is 1. The van der Waals surface area contributed by atoms with Crippen molar-refractivity contribution in [2.75, 3.05) is 52.9 Å². The fourth-order valence-corrected chi connectivity index (χ4v) is 4.98. The van der Waals surface area contributed by atoms with Crippen LogP contribution in [-0.2, 0) is 38.0 Å². The van der Waals surface area contributed by atoms with E-state index in [1.165, 1.54) is 82.8 Å². The summed E-state index contributed by atoms with van der Waals surface area (Å²) >= 11 is 0. The van der Waals surface area contributed by atoms with Gasteiger partial charge in [0, 0.05) is 6.42 Å². The molecule has 1 rings (SSSR count). The maximum atomic E-state index is 12.1. The summed E-state index contributed by atoms with van der Waals surface area (Å²) in [6.45, 7) is 6.32. The average molecular weight is 587 g/mol. The third kappa shape index (κ3) is 21.3. The number of ether oxygens (including phenoxy) is 4. The second-order valence-corrected chi connectivity index (χ2v) is 11.8. The first-order chi connectivity index (χ1) is 19.5. The van der Waals surface area contributed by atoms with Gasteiger partial charge in [0.2, 0.25) is 0 Å². The molecule has 0 amide bonds. The lowest BCUT2D eigenvalue weighted by Gasteiger charge is -2.08. The molecule has 1 aromatic rings. The monoisotopic (exact) mass is 586 g/mol. The van der Waals surface area contributed by atoms with Gasteiger partial charge < -0.3 is 18.9 Å².